The molecule has 1 atom stereocenters. The molecule has 8 nitrogen and oxygen atoms in total. The Kier molecular flexibility index (Phi) is 8.66. The number of carbonyl (C=O) groups is 3. The van der Waals surface area contributed by atoms with Crippen LogP contribution in [-0.4, -0.2) is 53.3 Å². The van der Waals surface area contributed by atoms with Crippen LogP contribution in [0.4, 0.5) is 4.79 Å². The molecule has 8 heteroatoms. The number of hydrogen-bond acceptors (Lipinski definition) is 5. The molecule has 0 saturated carbocycles. The monoisotopic (exact) mass is 447 g/mol. The van der Waals surface area contributed by atoms with Crippen molar-refractivity contribution in [2.75, 3.05) is 13.1 Å². The molecule has 0 bridgehead atoms. The number of likely N-dealkylation sites (tertiary alicyclic amines) is 1. The Morgan fingerprint density at radius 2 is 1.84 bits per heavy atom. The van der Waals surface area contributed by atoms with E-state index in [0.717, 1.165) is 50.8 Å². The Balaban J connectivity index is 0.000000229. The number of benzene rings is 1. The van der Waals surface area contributed by atoms with E-state index in [1.807, 2.05) is 31.7 Å². The molecule has 2 aliphatic rings. The molecule has 3 N–H and O–H groups in total. The molecule has 178 valence electrons. The fourth-order valence-corrected chi connectivity index (χ4v) is 3.82. The van der Waals surface area contributed by atoms with Crippen molar-refractivity contribution in [3.8, 4) is 0 Å². The lowest BCUT2D eigenvalue weighted by Gasteiger charge is -2.37. The maximum atomic E-state index is 11.7. The molecule has 0 spiro atoms. The average molecular weight is 448 g/mol. The minimum absolute atomic E-state index is 0.132. The Bertz CT molecular complexity index is 806. The van der Waals surface area contributed by atoms with E-state index < -0.39 is 5.91 Å². The zero-order valence-corrected chi connectivity index (χ0v) is 19.9. The zero-order valence-electron chi connectivity index (χ0n) is 19.9. The molecule has 32 heavy (non-hydrogen) atoms. The summed E-state index contributed by atoms with van der Waals surface area (Å²) < 4.78 is 5.33. The molecule has 3 rings (SSSR count). The van der Waals surface area contributed by atoms with Crippen LogP contribution in [-0.2, 0) is 22.4 Å². The fourth-order valence-electron chi connectivity index (χ4n) is 3.82. The summed E-state index contributed by atoms with van der Waals surface area (Å²) in [7, 11) is 0. The number of nitrogens with one attached hydrogen (secondary N) is 2. The second-order valence-electron chi connectivity index (χ2n) is 10.3. The molecule has 1 saturated heterocycles. The van der Waals surface area contributed by atoms with Crippen molar-refractivity contribution in [2.45, 2.75) is 78.4 Å². The lowest BCUT2D eigenvalue weighted by atomic mass is 9.83. The highest BCUT2D eigenvalue weighted by molar-refractivity contribution is 5.93. The number of fused-ring (bicyclic) bond motifs is 1. The lowest BCUT2D eigenvalue weighted by Crippen LogP contribution is -2.43. The number of carbonyl (C=O) groups excluding carboxylic acids is 3. The molecular formula is C24H37N3O5. The third-order valence-corrected chi connectivity index (χ3v) is 5.87. The number of piperidine rings is 1. The predicted octanol–water partition coefficient (Wildman–Crippen LogP) is 3.45. The predicted molar refractivity (Wildman–Crippen MR) is 122 cm³/mol. The van der Waals surface area contributed by atoms with Gasteiger partial charge in [-0.1, -0.05) is 19.9 Å². The number of nitrogens with zero attached hydrogens (tertiary/aromatic N) is 1. The summed E-state index contributed by atoms with van der Waals surface area (Å²) in [5, 5.41) is 11.3. The number of ether oxygens (including phenoxy) is 1. The van der Waals surface area contributed by atoms with Crippen molar-refractivity contribution in [1.82, 2.24) is 15.7 Å². The SMILES string of the molecule is CC1(C)CCN(C(=O)OC(C)(C)C)CC1.O=CNC1CCc2ccc(C(=O)NO)cc2C1. The molecule has 3 amide bonds. The third kappa shape index (κ3) is 7.82. The van der Waals surface area contributed by atoms with E-state index in [1.54, 1.807) is 17.6 Å². The van der Waals surface area contributed by atoms with Gasteiger partial charge in [-0.15, -0.1) is 0 Å². The van der Waals surface area contributed by atoms with Crippen LogP contribution < -0.4 is 10.8 Å². The van der Waals surface area contributed by atoms with Crippen molar-refractivity contribution in [3.05, 3.63) is 34.9 Å². The summed E-state index contributed by atoms with van der Waals surface area (Å²) >= 11 is 0. The van der Waals surface area contributed by atoms with Gasteiger partial charge in [0.05, 0.1) is 0 Å². The summed E-state index contributed by atoms with van der Waals surface area (Å²) in [5.74, 6) is -0.515. The normalized spacial score (nSPS) is 19.6. The van der Waals surface area contributed by atoms with Crippen LogP contribution in [0.15, 0.2) is 18.2 Å². The van der Waals surface area contributed by atoms with E-state index in [1.165, 1.54) is 5.56 Å². The van der Waals surface area contributed by atoms with Gasteiger partial charge in [-0.3, -0.25) is 14.8 Å². The summed E-state index contributed by atoms with van der Waals surface area (Å²) in [6.07, 6.45) is 5.19. The van der Waals surface area contributed by atoms with Gasteiger partial charge in [0.1, 0.15) is 5.60 Å². The molecule has 1 heterocycles. The van der Waals surface area contributed by atoms with Gasteiger partial charge in [-0.2, -0.15) is 0 Å². The molecule has 0 aromatic heterocycles. The highest BCUT2D eigenvalue weighted by Crippen LogP contribution is 2.30. The van der Waals surface area contributed by atoms with Gasteiger partial charge >= 0.3 is 6.09 Å². The molecule has 1 unspecified atom stereocenters. The Labute approximate surface area is 190 Å². The maximum absolute atomic E-state index is 11.7. The van der Waals surface area contributed by atoms with E-state index in [-0.39, 0.29) is 17.7 Å². The van der Waals surface area contributed by atoms with Crippen LogP contribution in [0.1, 0.15) is 75.4 Å². The van der Waals surface area contributed by atoms with Crippen molar-refractivity contribution in [2.24, 2.45) is 5.41 Å². The first-order valence-corrected chi connectivity index (χ1v) is 11.2. The molecule has 1 fully saturated rings. The minimum Gasteiger partial charge on any atom is -0.444 e. The number of hydroxylamine groups is 1. The first-order chi connectivity index (χ1) is 14.9. The van der Waals surface area contributed by atoms with Crippen LogP contribution in [0.25, 0.3) is 0 Å². The van der Waals surface area contributed by atoms with E-state index in [2.05, 4.69) is 19.2 Å². The Morgan fingerprint density at radius 1 is 1.19 bits per heavy atom. The van der Waals surface area contributed by atoms with E-state index in [4.69, 9.17) is 9.94 Å². The quantitative estimate of drug-likeness (QED) is 0.374. The molecule has 1 aromatic rings. The third-order valence-electron chi connectivity index (χ3n) is 5.87. The maximum Gasteiger partial charge on any atom is 0.410 e. The van der Waals surface area contributed by atoms with Crippen LogP contribution in [0.5, 0.6) is 0 Å². The number of rotatable bonds is 3. The molecule has 1 aromatic carbocycles. The topological polar surface area (TPSA) is 108 Å². The average Bonchev–Trinajstić information content (AvgIpc) is 2.72. The standard InChI is InChI=1S/C12H14N2O3.C12H23NO2/c15-7-13-11-4-3-8-1-2-9(12(16)14-17)5-10(8)6-11;1-11(2,3)15-10(14)13-8-6-12(4,5)7-9-13/h1-2,5,7,11,17H,3-4,6H2,(H,13,15)(H,14,16);6-9H2,1-5H3. The van der Waals surface area contributed by atoms with E-state index >= 15 is 0 Å². The van der Waals surface area contributed by atoms with Gasteiger partial charge in [-0.05, 0) is 81.5 Å². The molecule has 0 radical (unpaired) electrons. The molecule has 1 aliphatic heterocycles. The van der Waals surface area contributed by atoms with Gasteiger partial charge in [0.15, 0.2) is 0 Å². The van der Waals surface area contributed by atoms with E-state index in [9.17, 15) is 14.4 Å². The number of aryl methyl sites for hydroxylation is 1. The van der Waals surface area contributed by atoms with Crippen molar-refractivity contribution >= 4 is 18.4 Å². The van der Waals surface area contributed by atoms with Crippen molar-refractivity contribution < 1.29 is 24.3 Å². The van der Waals surface area contributed by atoms with Gasteiger partial charge in [0.2, 0.25) is 6.41 Å². The lowest BCUT2D eigenvalue weighted by molar-refractivity contribution is -0.110. The Morgan fingerprint density at radius 3 is 2.41 bits per heavy atom. The first-order valence-electron chi connectivity index (χ1n) is 11.2. The van der Waals surface area contributed by atoms with Gasteiger partial charge in [0.25, 0.3) is 5.91 Å². The van der Waals surface area contributed by atoms with Crippen LogP contribution in [0.2, 0.25) is 0 Å². The number of amides is 3. The van der Waals surface area contributed by atoms with Gasteiger partial charge in [-0.25, -0.2) is 10.3 Å². The second kappa shape index (κ2) is 10.8. The Hall–Kier alpha value is -2.61. The smallest absolute Gasteiger partial charge is 0.410 e. The summed E-state index contributed by atoms with van der Waals surface area (Å²) in [6, 6.07) is 5.49. The summed E-state index contributed by atoms with van der Waals surface area (Å²) in [4.78, 5) is 35.2. The van der Waals surface area contributed by atoms with Crippen molar-refractivity contribution in [1.29, 1.82) is 0 Å². The minimum atomic E-state index is -0.515. The highest BCUT2D eigenvalue weighted by atomic mass is 16.6. The van der Waals surface area contributed by atoms with Crippen molar-refractivity contribution in [3.63, 3.8) is 0 Å². The largest absolute Gasteiger partial charge is 0.444 e. The van der Waals surface area contributed by atoms with Crippen LogP contribution >= 0.6 is 0 Å². The fraction of sp³-hybridized carbons (Fsp3) is 0.625. The zero-order chi connectivity index (χ0) is 23.9. The molecular weight excluding hydrogens is 410 g/mol. The summed E-state index contributed by atoms with van der Waals surface area (Å²) in [5.41, 5.74) is 4.28. The van der Waals surface area contributed by atoms with Crippen LogP contribution in [0, 0.1) is 5.41 Å². The number of hydrogen-bond donors (Lipinski definition) is 3. The second-order valence-corrected chi connectivity index (χ2v) is 10.3. The first kappa shape index (κ1) is 25.6. The van der Waals surface area contributed by atoms with Gasteiger partial charge < -0.3 is 15.0 Å². The van der Waals surface area contributed by atoms with Crippen LogP contribution in [0.3, 0.4) is 0 Å². The molecule has 1 aliphatic carbocycles. The van der Waals surface area contributed by atoms with E-state index in [0.29, 0.717) is 17.4 Å². The highest BCUT2D eigenvalue weighted by Gasteiger charge is 2.30. The van der Waals surface area contributed by atoms with Gasteiger partial charge in [0, 0.05) is 24.7 Å². The summed E-state index contributed by atoms with van der Waals surface area (Å²) in [6.45, 7) is 11.8.